The number of Topliss-reactive ketones (excluding diaryl/α,β-unsaturated/α-hetero) is 2. The lowest BCUT2D eigenvalue weighted by Crippen LogP contribution is -2.34. The number of hydrogen-bond acceptors (Lipinski definition) is 12. The molecule has 125 heavy (non-hydrogen) atoms. The summed E-state index contributed by atoms with van der Waals surface area (Å²) < 4.78 is 195. The summed E-state index contributed by atoms with van der Waals surface area (Å²) in [6.07, 6.45) is 7.74. The molecule has 10 aromatic rings. The Kier molecular flexibility index (Phi) is 36.4. The van der Waals surface area contributed by atoms with Crippen LogP contribution in [0.2, 0.25) is 25.1 Å². The quantitative estimate of drug-likeness (QED) is 0.0270. The molecule has 5 saturated heterocycles. The van der Waals surface area contributed by atoms with Crippen LogP contribution in [0.25, 0.3) is 54.5 Å². The summed E-state index contributed by atoms with van der Waals surface area (Å²) in [7, 11) is 0. The lowest BCUT2D eigenvalue weighted by atomic mass is 9.83. The monoisotopic (exact) mass is 1930 g/mol. The zero-order valence-electron chi connectivity index (χ0n) is 67.6. The molecule has 2 saturated carbocycles. The maximum atomic E-state index is 13.3. The van der Waals surface area contributed by atoms with Crippen LogP contribution in [0, 0.1) is 11.8 Å². The van der Waals surface area contributed by atoms with E-state index in [1.54, 1.807) is 35.0 Å². The first kappa shape index (κ1) is 99.7. The first-order valence-corrected chi connectivity index (χ1v) is 44.0. The number of fused-ring (bicyclic) bond motifs is 5. The molecule has 5 atom stereocenters. The molecule has 18 nitrogen and oxygen atoms in total. The van der Waals surface area contributed by atoms with Crippen LogP contribution in [0.5, 0.6) is 0 Å². The normalized spacial score (nSPS) is 20.0. The van der Waals surface area contributed by atoms with Crippen molar-refractivity contribution in [2.24, 2.45) is 17.6 Å². The van der Waals surface area contributed by atoms with Crippen molar-refractivity contribution in [1.82, 2.24) is 23.3 Å². The number of H-pyrrole nitrogens is 1. The number of hydrogen-bond donors (Lipinski definition) is 3. The van der Waals surface area contributed by atoms with Gasteiger partial charge in [-0.1, -0.05) is 104 Å². The van der Waals surface area contributed by atoms with Gasteiger partial charge in [-0.15, -0.1) is 0 Å². The van der Waals surface area contributed by atoms with Gasteiger partial charge >= 0.3 is 36.4 Å². The minimum Gasteiger partial charge on any atom is -0.478 e. The van der Waals surface area contributed by atoms with Crippen molar-refractivity contribution in [3.8, 4) is 0 Å². The van der Waals surface area contributed by atoms with Gasteiger partial charge in [-0.25, -0.2) is 31.9 Å². The number of carbonyl (C=O) groups excluding carboxylic acids is 4. The number of aromatic amines is 1. The Bertz CT molecular complexity index is 5190. The predicted molar refractivity (Wildman–Crippen MR) is 457 cm³/mol. The number of alkyl halides is 14. The molecule has 0 amide bonds. The van der Waals surface area contributed by atoms with Gasteiger partial charge in [0, 0.05) is 181 Å². The van der Waals surface area contributed by atoms with Gasteiger partial charge in [0.2, 0.25) is 11.8 Å². The second-order valence-corrected chi connectivity index (χ2v) is 33.9. The molecule has 5 aromatic heterocycles. The van der Waals surface area contributed by atoms with Crippen LogP contribution in [0.1, 0.15) is 159 Å². The van der Waals surface area contributed by atoms with Gasteiger partial charge in [0.25, 0.3) is 5.78 Å². The van der Waals surface area contributed by atoms with E-state index in [0.717, 1.165) is 120 Å². The summed E-state index contributed by atoms with van der Waals surface area (Å²) in [5.41, 5.74) is 10.4. The fourth-order valence-electron chi connectivity index (χ4n) is 15.7. The predicted octanol–water partition coefficient (Wildman–Crippen LogP) is 24.5. The average Bonchev–Trinajstić information content (AvgIpc) is 1.66. The number of benzene rings is 5. The zero-order chi connectivity index (χ0) is 90.6. The molecule has 5 unspecified atom stereocenters. The summed E-state index contributed by atoms with van der Waals surface area (Å²) in [5.74, 6) is -13.6. The number of nitrogens with one attached hydrogen (secondary N) is 1. The van der Waals surface area contributed by atoms with Gasteiger partial charge in [0.1, 0.15) is 0 Å². The van der Waals surface area contributed by atoms with Gasteiger partial charge in [-0.2, -0.15) is 39.5 Å². The number of aromatic nitrogens is 5. The summed E-state index contributed by atoms with van der Waals surface area (Å²) in [6.45, 7) is 7.39. The molecule has 0 spiro atoms. The molecule has 10 heterocycles. The van der Waals surface area contributed by atoms with Crippen molar-refractivity contribution in [2.45, 2.75) is 215 Å². The summed E-state index contributed by atoms with van der Waals surface area (Å²) in [4.78, 5) is 58.3. The van der Waals surface area contributed by atoms with E-state index in [9.17, 15) is 86.2 Å². The van der Waals surface area contributed by atoms with Crippen LogP contribution < -0.4 is 5.73 Å². The Morgan fingerprint density at radius 2 is 0.824 bits per heavy atom. The zero-order valence-corrected chi connectivity index (χ0v) is 73.0. The summed E-state index contributed by atoms with van der Waals surface area (Å²) >= 11 is 34.0. The van der Waals surface area contributed by atoms with Gasteiger partial charge in [-0.3, -0.25) is 9.59 Å². The number of esters is 2. The van der Waals surface area contributed by atoms with Crippen molar-refractivity contribution in [2.75, 3.05) is 44.9 Å². The number of carboxylic acid groups (broad SMARTS) is 1. The fraction of sp³-hybridized carbons (Fsp3) is 0.489. The number of nitrogens with two attached hydrogens (primary N) is 1. The van der Waals surface area contributed by atoms with E-state index in [1.807, 2.05) is 77.6 Å². The van der Waals surface area contributed by atoms with Gasteiger partial charge in [-0.05, 0) is 187 Å². The molecular weight excluding hydrogens is 1840 g/mol. The first-order chi connectivity index (χ1) is 59.3. The van der Waals surface area contributed by atoms with E-state index >= 15 is 0 Å². The SMILES string of the molecule is BrCC1CCCO1.Clc1cccc2[nH]ccc12.Clc1cccc2c1ccn2CC1CCCO1.NCC1CCC(F)(F)CC1.O=C(CCC1CCC(F)(F)CC1)c1cn(CC2CCCO2)c2cccc(Cl)c12.O=C(O)c1cn(CC2CCCO2)c2cccc(Cl)c12.O=C(OC(=O)C(F)(F)F)C(F)(F)F.O=C(c1cn(CC2CCCO2)c2cccc(Cl)c12)C(F)(F)F. The van der Waals surface area contributed by atoms with E-state index in [2.05, 4.69) is 53.1 Å². The van der Waals surface area contributed by atoms with Crippen molar-refractivity contribution in [1.29, 1.82) is 0 Å². The molecule has 37 heteroatoms. The molecule has 5 aliphatic heterocycles. The highest BCUT2D eigenvalue weighted by Gasteiger charge is 2.49. The van der Waals surface area contributed by atoms with Crippen molar-refractivity contribution >= 4 is 158 Å². The average molecular weight is 1930 g/mol. The number of rotatable bonds is 16. The van der Waals surface area contributed by atoms with E-state index in [0.29, 0.717) is 116 Å². The topological polar surface area (TPSA) is 222 Å². The first-order valence-electron chi connectivity index (χ1n) is 41.0. The van der Waals surface area contributed by atoms with Crippen LogP contribution in [-0.2, 0) is 64.2 Å². The van der Waals surface area contributed by atoms with Crippen molar-refractivity contribution < 1.29 is 115 Å². The second-order valence-electron chi connectivity index (χ2n) is 31.2. The van der Waals surface area contributed by atoms with Crippen molar-refractivity contribution in [3.05, 3.63) is 176 Å². The lowest BCUT2D eigenvalue weighted by Gasteiger charge is -2.27. The number of ketones is 2. The highest BCUT2D eigenvalue weighted by Crippen LogP contribution is 2.41. The number of nitrogens with zero attached hydrogens (tertiary/aromatic N) is 4. The number of halogens is 19. The highest BCUT2D eigenvalue weighted by molar-refractivity contribution is 9.09. The van der Waals surface area contributed by atoms with Crippen LogP contribution in [0.15, 0.2) is 134 Å². The Balaban J connectivity index is 0.000000154. The van der Waals surface area contributed by atoms with Gasteiger partial charge < -0.3 is 62.5 Å². The molecule has 4 N–H and O–H groups in total. The third-order valence-corrected chi connectivity index (χ3v) is 24.6. The molecule has 0 bridgehead atoms. The minimum absolute atomic E-state index is 0.0366. The number of aromatic carboxylic acids is 1. The van der Waals surface area contributed by atoms with Gasteiger partial charge in [0.05, 0.1) is 73.3 Å². The summed E-state index contributed by atoms with van der Waals surface area (Å²) in [6, 6.07) is 31.8. The Labute approximate surface area is 745 Å². The number of carbonyl (C=O) groups is 5. The van der Waals surface area contributed by atoms with Crippen LogP contribution in [0.4, 0.5) is 57.1 Å². The highest BCUT2D eigenvalue weighted by atomic mass is 79.9. The Morgan fingerprint density at radius 1 is 0.456 bits per heavy atom. The molecular formula is C88H95BrCl5F13N6O12. The van der Waals surface area contributed by atoms with Crippen LogP contribution in [-0.4, -0.2) is 164 Å². The Hall–Kier alpha value is -7.47. The maximum Gasteiger partial charge on any atom is 0.491 e. The van der Waals surface area contributed by atoms with E-state index in [-0.39, 0.29) is 71.7 Å². The molecule has 7 aliphatic rings. The molecule has 682 valence electrons. The third-order valence-electron chi connectivity index (χ3n) is 22.2. The molecule has 2 aliphatic carbocycles. The van der Waals surface area contributed by atoms with Crippen LogP contribution in [0.3, 0.4) is 0 Å². The smallest absolute Gasteiger partial charge is 0.478 e. The number of ether oxygens (including phenoxy) is 6. The van der Waals surface area contributed by atoms with Crippen LogP contribution >= 0.6 is 73.9 Å². The maximum absolute atomic E-state index is 13.3. The fourth-order valence-corrected chi connectivity index (χ4v) is 17.5. The summed E-state index contributed by atoms with van der Waals surface area (Å²) in [5, 5.41) is 16.9. The molecule has 17 rings (SSSR count). The Morgan fingerprint density at radius 3 is 1.21 bits per heavy atom. The largest absolute Gasteiger partial charge is 0.491 e. The lowest BCUT2D eigenvalue weighted by molar-refractivity contribution is -0.221. The standard InChI is InChI=1S/C22H26ClF2NO2.C15H13ClF3NO2.C14H14ClNO3.C13H14ClNO.C8H6ClN.C7H13F2N.C5H9BrO.C4F6O3/c23-18-4-1-5-19-21(18)17(14-26(19)13-16-3-2-12-28-16)20(27)7-6-15-8-10-22(24,25)11-9-15;16-11-4-1-5-12-13(11)10(14(21)15(17,18)19)8-20(12)7-9-3-2-6-22-9;15-11-4-1-5-12-13(11)10(14(17)18)8-16(12)7-9-3-2-6-19-9;14-12-4-1-5-13-11(12)6-7-15(13)9-10-3-2-8-16-10;9-7-2-1-3-8-6(7)4-5-10-8;8-7(9)3-1-6(5-10)2-4-7;6-4-5-2-1-3-7-5;5-3(6,7)1(11)13-2(12)4(8,9)10/h1,4-5,14-16H,2-3,6-13H2;1,4-5,8-9H,2-3,6-7H2;1,4-5,8-9H,2-3,6-7H2,(H,17,18);1,4-7,10H,2-3,8-9H2;1-5,10H;6H,1-5,10H2;5H,1-4H2;. The van der Waals surface area contributed by atoms with Gasteiger partial charge in [0.15, 0.2) is 5.78 Å². The molecule has 5 aromatic carbocycles. The number of carboxylic acids is 1. The van der Waals surface area contributed by atoms with E-state index in [4.69, 9.17) is 87.4 Å². The van der Waals surface area contributed by atoms with E-state index in [1.165, 1.54) is 43.5 Å². The minimum atomic E-state index is -5.62. The second kappa shape index (κ2) is 45.7. The molecule has 7 fully saturated rings. The molecule has 0 radical (unpaired) electrons. The third kappa shape index (κ3) is 28.5. The van der Waals surface area contributed by atoms with E-state index < -0.39 is 59.6 Å². The van der Waals surface area contributed by atoms with Crippen molar-refractivity contribution in [3.63, 3.8) is 0 Å².